The predicted octanol–water partition coefficient (Wildman–Crippen LogP) is 2.92. The molecule has 0 aromatic rings. The predicted molar refractivity (Wildman–Crippen MR) is 83.3 cm³/mol. The van der Waals surface area contributed by atoms with Crippen LogP contribution in [-0.4, -0.2) is 36.0 Å². The second-order valence-corrected chi connectivity index (χ2v) is 8.16. The van der Waals surface area contributed by atoms with E-state index in [0.29, 0.717) is 18.9 Å². The summed E-state index contributed by atoms with van der Waals surface area (Å²) < 4.78 is 11.4. The zero-order valence-corrected chi connectivity index (χ0v) is 14.4. The van der Waals surface area contributed by atoms with E-state index >= 15 is 0 Å². The fraction of sp³-hybridized carbons (Fsp3) is 0.944. The van der Waals surface area contributed by atoms with Crippen molar-refractivity contribution in [1.29, 1.82) is 0 Å². The molecule has 1 heterocycles. The average Bonchev–Trinajstić information content (AvgIpc) is 2.87. The molecule has 126 valence electrons. The van der Waals surface area contributed by atoms with Crippen molar-refractivity contribution in [3.8, 4) is 0 Å². The van der Waals surface area contributed by atoms with Gasteiger partial charge in [0.1, 0.15) is 0 Å². The maximum Gasteiger partial charge on any atom is 0.314 e. The molecule has 4 nitrogen and oxygen atoms in total. The first kappa shape index (κ1) is 16.3. The molecule has 1 aliphatic heterocycles. The van der Waals surface area contributed by atoms with Gasteiger partial charge >= 0.3 is 5.97 Å². The molecule has 2 aliphatic carbocycles. The fourth-order valence-electron chi connectivity index (χ4n) is 5.97. The van der Waals surface area contributed by atoms with Crippen LogP contribution in [0.5, 0.6) is 0 Å². The first-order valence-corrected chi connectivity index (χ1v) is 8.78. The largest absolute Gasteiger partial charge is 0.465 e. The highest BCUT2D eigenvalue weighted by Gasteiger charge is 2.65. The van der Waals surface area contributed by atoms with E-state index in [1.54, 1.807) is 0 Å². The van der Waals surface area contributed by atoms with E-state index in [9.17, 15) is 9.90 Å². The van der Waals surface area contributed by atoms with Crippen LogP contribution in [-0.2, 0) is 14.3 Å². The lowest BCUT2D eigenvalue weighted by molar-refractivity contribution is -0.206. The Kier molecular flexibility index (Phi) is 3.84. The van der Waals surface area contributed by atoms with Crippen LogP contribution in [0.4, 0.5) is 0 Å². The molecule has 3 aliphatic rings. The average molecular weight is 310 g/mol. The number of aliphatic hydroxyl groups is 1. The summed E-state index contributed by atoms with van der Waals surface area (Å²) in [6.07, 6.45) is 4.01. The Hall–Kier alpha value is -0.610. The first-order chi connectivity index (χ1) is 10.3. The zero-order valence-electron chi connectivity index (χ0n) is 14.4. The van der Waals surface area contributed by atoms with Crippen molar-refractivity contribution in [3.05, 3.63) is 0 Å². The third kappa shape index (κ3) is 1.99. The monoisotopic (exact) mass is 310 g/mol. The molecule has 0 radical (unpaired) electrons. The summed E-state index contributed by atoms with van der Waals surface area (Å²) in [6, 6.07) is 0. The minimum absolute atomic E-state index is 0.0459. The molecule has 4 heteroatoms. The molecule has 0 amide bonds. The van der Waals surface area contributed by atoms with Gasteiger partial charge in [-0.25, -0.2) is 0 Å². The summed E-state index contributed by atoms with van der Waals surface area (Å²) in [5.74, 6) is 0.420. The van der Waals surface area contributed by atoms with Gasteiger partial charge in [-0.1, -0.05) is 6.92 Å². The van der Waals surface area contributed by atoms with Gasteiger partial charge in [0, 0.05) is 6.61 Å². The quantitative estimate of drug-likeness (QED) is 0.797. The number of hydrogen-bond acceptors (Lipinski definition) is 4. The van der Waals surface area contributed by atoms with Gasteiger partial charge in [-0.2, -0.15) is 0 Å². The van der Waals surface area contributed by atoms with E-state index in [2.05, 4.69) is 13.8 Å². The fourth-order valence-corrected chi connectivity index (χ4v) is 5.97. The molecule has 3 rings (SSSR count). The minimum atomic E-state index is -0.785. The molecule has 1 N–H and O–H groups in total. The molecule has 0 bridgehead atoms. The highest BCUT2D eigenvalue weighted by molar-refractivity contribution is 5.78. The van der Waals surface area contributed by atoms with Crippen molar-refractivity contribution >= 4 is 5.97 Å². The summed E-state index contributed by atoms with van der Waals surface area (Å²) in [5.41, 5.74) is -0.791. The summed E-state index contributed by atoms with van der Waals surface area (Å²) in [4.78, 5) is 12.7. The second kappa shape index (κ2) is 5.20. The Labute approximate surface area is 133 Å². The molecule has 0 spiro atoms. The normalized spacial score (nSPS) is 51.0. The summed E-state index contributed by atoms with van der Waals surface area (Å²) in [7, 11) is 0. The lowest BCUT2D eigenvalue weighted by Gasteiger charge is -2.61. The van der Waals surface area contributed by atoms with Crippen molar-refractivity contribution < 1.29 is 19.4 Å². The van der Waals surface area contributed by atoms with Crippen LogP contribution < -0.4 is 0 Å². The zero-order chi connectivity index (χ0) is 16.2. The van der Waals surface area contributed by atoms with Gasteiger partial charge in [-0.05, 0) is 70.1 Å². The molecular formula is C18H30O4. The van der Waals surface area contributed by atoms with Gasteiger partial charge in [-0.3, -0.25) is 4.79 Å². The SMILES string of the molecule is CCOC(=O)[C@]1(C)[C@@H]2CC[C@@]3(C)OCC[C@@H]3[C@@]2(C)CC[C@@H]1O. The third-order valence-corrected chi connectivity index (χ3v) is 7.18. The summed E-state index contributed by atoms with van der Waals surface area (Å²) in [6.45, 7) is 9.50. The topological polar surface area (TPSA) is 55.8 Å². The lowest BCUT2D eigenvalue weighted by Crippen LogP contribution is -2.62. The van der Waals surface area contributed by atoms with E-state index in [0.717, 1.165) is 32.3 Å². The molecule has 22 heavy (non-hydrogen) atoms. The Balaban J connectivity index is 1.99. The molecule has 0 unspecified atom stereocenters. The molecule has 6 atom stereocenters. The molecular weight excluding hydrogens is 280 g/mol. The Morgan fingerprint density at radius 3 is 2.59 bits per heavy atom. The van der Waals surface area contributed by atoms with Crippen LogP contribution in [0, 0.1) is 22.7 Å². The number of aliphatic hydroxyl groups excluding tert-OH is 1. The molecule has 1 saturated heterocycles. The number of rotatable bonds is 2. The van der Waals surface area contributed by atoms with Gasteiger partial charge in [-0.15, -0.1) is 0 Å². The van der Waals surface area contributed by atoms with E-state index in [1.807, 2.05) is 13.8 Å². The third-order valence-electron chi connectivity index (χ3n) is 7.18. The van der Waals surface area contributed by atoms with Crippen molar-refractivity contribution in [1.82, 2.24) is 0 Å². The second-order valence-electron chi connectivity index (χ2n) is 8.16. The number of ether oxygens (including phenoxy) is 2. The lowest BCUT2D eigenvalue weighted by atomic mass is 9.44. The van der Waals surface area contributed by atoms with Crippen molar-refractivity contribution in [3.63, 3.8) is 0 Å². The van der Waals surface area contributed by atoms with Crippen molar-refractivity contribution in [2.24, 2.45) is 22.7 Å². The Morgan fingerprint density at radius 2 is 1.91 bits per heavy atom. The molecule has 2 saturated carbocycles. The van der Waals surface area contributed by atoms with Gasteiger partial charge < -0.3 is 14.6 Å². The number of esters is 1. The summed E-state index contributed by atoms with van der Waals surface area (Å²) in [5, 5.41) is 10.7. The minimum Gasteiger partial charge on any atom is -0.465 e. The highest BCUT2D eigenvalue weighted by atomic mass is 16.5. The van der Waals surface area contributed by atoms with E-state index in [1.165, 1.54) is 0 Å². The van der Waals surface area contributed by atoms with E-state index < -0.39 is 11.5 Å². The van der Waals surface area contributed by atoms with Gasteiger partial charge in [0.2, 0.25) is 0 Å². The van der Waals surface area contributed by atoms with Gasteiger partial charge in [0.05, 0.1) is 23.7 Å². The van der Waals surface area contributed by atoms with Crippen molar-refractivity contribution in [2.75, 3.05) is 13.2 Å². The van der Waals surface area contributed by atoms with Gasteiger partial charge in [0.15, 0.2) is 0 Å². The molecule has 3 fully saturated rings. The molecule has 0 aromatic heterocycles. The maximum atomic E-state index is 12.7. The standard InChI is InChI=1S/C18H30O4/c1-5-21-15(20)18(4)13-6-10-17(3)12(8-11-22-17)16(13,2)9-7-14(18)19/h12-14,19H,5-11H2,1-4H3/t12-,13-,14+,16-,17-,18-/m1/s1. The van der Waals surface area contributed by atoms with Crippen LogP contribution in [0.3, 0.4) is 0 Å². The van der Waals surface area contributed by atoms with Crippen LogP contribution in [0.15, 0.2) is 0 Å². The number of hydrogen-bond donors (Lipinski definition) is 1. The number of fused-ring (bicyclic) bond motifs is 3. The van der Waals surface area contributed by atoms with Crippen LogP contribution in [0.1, 0.15) is 59.8 Å². The Bertz CT molecular complexity index is 464. The van der Waals surface area contributed by atoms with Gasteiger partial charge in [0.25, 0.3) is 0 Å². The van der Waals surface area contributed by atoms with E-state index in [-0.39, 0.29) is 22.9 Å². The smallest absolute Gasteiger partial charge is 0.314 e. The maximum absolute atomic E-state index is 12.7. The number of carbonyl (C=O) groups is 1. The molecule has 0 aromatic carbocycles. The highest BCUT2D eigenvalue weighted by Crippen LogP contribution is 2.65. The number of carbonyl (C=O) groups excluding carboxylic acids is 1. The van der Waals surface area contributed by atoms with Crippen LogP contribution in [0.25, 0.3) is 0 Å². The first-order valence-electron chi connectivity index (χ1n) is 8.78. The Morgan fingerprint density at radius 1 is 1.18 bits per heavy atom. The summed E-state index contributed by atoms with van der Waals surface area (Å²) >= 11 is 0. The van der Waals surface area contributed by atoms with Crippen LogP contribution >= 0.6 is 0 Å². The van der Waals surface area contributed by atoms with Crippen molar-refractivity contribution in [2.45, 2.75) is 71.5 Å². The van der Waals surface area contributed by atoms with Crippen LogP contribution in [0.2, 0.25) is 0 Å². The van der Waals surface area contributed by atoms with E-state index in [4.69, 9.17) is 9.47 Å².